The van der Waals surface area contributed by atoms with Crippen LogP contribution < -0.4 is 11.5 Å². The van der Waals surface area contributed by atoms with Crippen molar-refractivity contribution < 1.29 is 31.1 Å². The van der Waals surface area contributed by atoms with E-state index in [1.54, 1.807) is 0 Å². The Hall–Kier alpha value is -3.61. The van der Waals surface area contributed by atoms with Gasteiger partial charge in [-0.2, -0.15) is 13.2 Å². The molecule has 35 heavy (non-hydrogen) atoms. The number of anilines is 1. The minimum Gasteiger partial charge on any atom is -0.384 e. The number of pyridine rings is 1. The van der Waals surface area contributed by atoms with Gasteiger partial charge in [-0.25, -0.2) is 23.1 Å². The number of alkyl halides is 3. The van der Waals surface area contributed by atoms with Gasteiger partial charge in [-0.05, 0) is 30.2 Å². The fraction of sp³-hybridized carbons (Fsp3) is 0.318. The smallest absolute Gasteiger partial charge is 0.384 e. The first-order valence-electron chi connectivity index (χ1n) is 10.5. The number of halogens is 6. The van der Waals surface area contributed by atoms with E-state index in [2.05, 4.69) is 9.97 Å². The predicted octanol–water partition coefficient (Wildman–Crippen LogP) is 3.27. The number of nitrogen functional groups attached to an aromatic ring is 1. The standard InChI is InChI=1S/C22H20F6N6O/c23-14-8-16(25)15(24)6-12(14)5-13(29)7-19(35)33-3-4-34-17(10-33)20(32-21(34)22(26,27)28)11-1-2-18(30)31-9-11/h1-2,6,8-9,13H,3-5,7,10,29H2,(H2,30,31). The SMILES string of the molecule is Nc1ccc(-c2nc(C(F)(F)F)n3c2CN(C(=O)CC(N)Cc2cc(F)c(F)cc2F)CC3)cn1. The molecule has 1 atom stereocenters. The van der Waals surface area contributed by atoms with E-state index in [1.807, 2.05) is 0 Å². The highest BCUT2D eigenvalue weighted by molar-refractivity contribution is 5.77. The Morgan fingerprint density at radius 1 is 1.09 bits per heavy atom. The van der Waals surface area contributed by atoms with E-state index in [0.717, 1.165) is 4.57 Å². The molecule has 1 aliphatic heterocycles. The Morgan fingerprint density at radius 2 is 1.80 bits per heavy atom. The Kier molecular flexibility index (Phi) is 6.45. The molecule has 0 radical (unpaired) electrons. The largest absolute Gasteiger partial charge is 0.449 e. The molecule has 7 nitrogen and oxygen atoms in total. The van der Waals surface area contributed by atoms with Crippen molar-refractivity contribution >= 4 is 11.7 Å². The molecule has 1 aliphatic rings. The molecule has 0 saturated carbocycles. The number of nitrogens with two attached hydrogens (primary N) is 2. The number of fused-ring (bicyclic) bond motifs is 1. The molecule has 0 aliphatic carbocycles. The molecule has 0 saturated heterocycles. The predicted molar refractivity (Wildman–Crippen MR) is 113 cm³/mol. The Bertz CT molecular complexity index is 1260. The molecule has 3 aromatic rings. The van der Waals surface area contributed by atoms with Gasteiger partial charge in [0.05, 0.1) is 17.9 Å². The molecule has 0 spiro atoms. The highest BCUT2D eigenvalue weighted by Crippen LogP contribution is 2.36. The second kappa shape index (κ2) is 9.21. The minimum atomic E-state index is -4.71. The molecule has 186 valence electrons. The van der Waals surface area contributed by atoms with Crippen LogP contribution in [0.2, 0.25) is 0 Å². The van der Waals surface area contributed by atoms with E-state index in [0.29, 0.717) is 17.7 Å². The zero-order valence-corrected chi connectivity index (χ0v) is 18.1. The second-order valence-electron chi connectivity index (χ2n) is 8.19. The molecule has 4 N–H and O–H groups in total. The van der Waals surface area contributed by atoms with Crippen molar-refractivity contribution in [1.82, 2.24) is 19.4 Å². The summed E-state index contributed by atoms with van der Waals surface area (Å²) in [6.07, 6.45) is -3.93. The van der Waals surface area contributed by atoms with E-state index in [1.165, 1.54) is 23.2 Å². The summed E-state index contributed by atoms with van der Waals surface area (Å²) < 4.78 is 82.3. The fourth-order valence-corrected chi connectivity index (χ4v) is 4.00. The molecular formula is C22H20F6N6O. The lowest BCUT2D eigenvalue weighted by atomic mass is 10.0. The zero-order chi connectivity index (χ0) is 25.5. The van der Waals surface area contributed by atoms with Crippen molar-refractivity contribution in [1.29, 1.82) is 0 Å². The number of rotatable bonds is 5. The van der Waals surface area contributed by atoms with Crippen LogP contribution in [-0.2, 0) is 30.5 Å². The molecule has 0 fully saturated rings. The number of carbonyl (C=O) groups is 1. The molecule has 2 aromatic heterocycles. The molecular weight excluding hydrogens is 478 g/mol. The zero-order valence-electron chi connectivity index (χ0n) is 18.1. The van der Waals surface area contributed by atoms with Crippen molar-refractivity contribution in [3.63, 3.8) is 0 Å². The maximum Gasteiger partial charge on any atom is 0.449 e. The first kappa shape index (κ1) is 24.5. The number of aromatic nitrogens is 3. The number of hydrogen-bond donors (Lipinski definition) is 2. The maximum absolute atomic E-state index is 13.9. The van der Waals surface area contributed by atoms with Crippen molar-refractivity contribution in [3.8, 4) is 11.3 Å². The van der Waals surface area contributed by atoms with Gasteiger partial charge in [-0.1, -0.05) is 0 Å². The van der Waals surface area contributed by atoms with E-state index < -0.39 is 41.4 Å². The molecule has 1 unspecified atom stereocenters. The Morgan fingerprint density at radius 3 is 2.46 bits per heavy atom. The second-order valence-corrected chi connectivity index (χ2v) is 8.19. The average molecular weight is 498 g/mol. The highest BCUT2D eigenvalue weighted by Gasteiger charge is 2.41. The number of amides is 1. The van der Waals surface area contributed by atoms with Gasteiger partial charge >= 0.3 is 6.18 Å². The van der Waals surface area contributed by atoms with Gasteiger partial charge in [0.25, 0.3) is 0 Å². The maximum atomic E-state index is 13.9. The molecule has 1 aromatic carbocycles. The monoisotopic (exact) mass is 498 g/mol. The van der Waals surface area contributed by atoms with Crippen LogP contribution in [0, 0.1) is 17.5 Å². The highest BCUT2D eigenvalue weighted by atomic mass is 19.4. The lowest BCUT2D eigenvalue weighted by Crippen LogP contribution is -2.42. The average Bonchev–Trinajstić information content (AvgIpc) is 3.17. The summed E-state index contributed by atoms with van der Waals surface area (Å²) in [5.74, 6) is -4.96. The Labute approximate surface area is 195 Å². The number of nitrogens with zero attached hydrogens (tertiary/aromatic N) is 4. The minimum absolute atomic E-state index is 0.0236. The first-order valence-corrected chi connectivity index (χ1v) is 10.5. The van der Waals surface area contributed by atoms with Gasteiger partial charge in [-0.3, -0.25) is 4.79 Å². The third-order valence-electron chi connectivity index (χ3n) is 5.68. The summed E-state index contributed by atoms with van der Waals surface area (Å²) in [6, 6.07) is 3.06. The summed E-state index contributed by atoms with van der Waals surface area (Å²) in [6.45, 7) is -0.358. The topological polar surface area (TPSA) is 103 Å². The first-order chi connectivity index (χ1) is 16.4. The van der Waals surface area contributed by atoms with Gasteiger partial charge in [0.1, 0.15) is 11.6 Å². The van der Waals surface area contributed by atoms with Gasteiger partial charge < -0.3 is 20.9 Å². The third kappa shape index (κ3) is 5.09. The van der Waals surface area contributed by atoms with Crippen LogP contribution in [0.15, 0.2) is 30.5 Å². The summed E-state index contributed by atoms with van der Waals surface area (Å²) in [5, 5.41) is 0. The van der Waals surface area contributed by atoms with Crippen LogP contribution >= 0.6 is 0 Å². The van der Waals surface area contributed by atoms with E-state index in [-0.39, 0.29) is 55.2 Å². The summed E-state index contributed by atoms with van der Waals surface area (Å²) in [4.78, 5) is 21.9. The van der Waals surface area contributed by atoms with Gasteiger partial charge in [0.15, 0.2) is 11.6 Å². The van der Waals surface area contributed by atoms with Crippen molar-refractivity contribution in [2.75, 3.05) is 12.3 Å². The summed E-state index contributed by atoms with van der Waals surface area (Å²) >= 11 is 0. The number of hydrogen-bond acceptors (Lipinski definition) is 5. The number of benzene rings is 1. The Balaban J connectivity index is 1.54. The van der Waals surface area contributed by atoms with E-state index in [9.17, 15) is 31.1 Å². The van der Waals surface area contributed by atoms with Crippen molar-refractivity contribution in [3.05, 3.63) is 65.0 Å². The number of imidazole rings is 1. The van der Waals surface area contributed by atoms with Crippen LogP contribution in [-0.4, -0.2) is 37.9 Å². The lowest BCUT2D eigenvalue weighted by Gasteiger charge is -2.30. The lowest BCUT2D eigenvalue weighted by molar-refractivity contribution is -0.148. The molecule has 4 rings (SSSR count). The van der Waals surface area contributed by atoms with Crippen LogP contribution in [0.3, 0.4) is 0 Å². The van der Waals surface area contributed by atoms with Gasteiger partial charge in [0.2, 0.25) is 11.7 Å². The third-order valence-corrected chi connectivity index (χ3v) is 5.68. The van der Waals surface area contributed by atoms with Crippen LogP contribution in [0.4, 0.5) is 32.2 Å². The van der Waals surface area contributed by atoms with Crippen LogP contribution in [0.1, 0.15) is 23.5 Å². The fourth-order valence-electron chi connectivity index (χ4n) is 4.00. The molecule has 3 heterocycles. The molecule has 13 heteroatoms. The van der Waals surface area contributed by atoms with E-state index in [4.69, 9.17) is 11.5 Å². The quantitative estimate of drug-likeness (QED) is 0.415. The summed E-state index contributed by atoms with van der Waals surface area (Å²) in [5.41, 5.74) is 11.8. The van der Waals surface area contributed by atoms with Crippen LogP contribution in [0.5, 0.6) is 0 Å². The molecule has 1 amide bonds. The van der Waals surface area contributed by atoms with E-state index >= 15 is 0 Å². The number of carbonyl (C=O) groups excluding carboxylic acids is 1. The normalized spacial score (nSPS) is 14.7. The van der Waals surface area contributed by atoms with Crippen LogP contribution in [0.25, 0.3) is 11.3 Å². The summed E-state index contributed by atoms with van der Waals surface area (Å²) in [7, 11) is 0. The van der Waals surface area contributed by atoms with Crippen molar-refractivity contribution in [2.24, 2.45) is 5.73 Å². The molecule has 0 bridgehead atoms. The van der Waals surface area contributed by atoms with Crippen molar-refractivity contribution in [2.45, 2.75) is 38.1 Å². The van der Waals surface area contributed by atoms with Gasteiger partial charge in [0, 0.05) is 43.4 Å². The van der Waals surface area contributed by atoms with Gasteiger partial charge in [-0.15, -0.1) is 0 Å².